The summed E-state index contributed by atoms with van der Waals surface area (Å²) in [6.45, 7) is 5.52. The number of nitrogens with zero attached hydrogens (tertiary/aromatic N) is 2. The van der Waals surface area contributed by atoms with Crippen LogP contribution in [0.15, 0.2) is 24.3 Å². The lowest BCUT2D eigenvalue weighted by Gasteiger charge is -2.32. The minimum Gasteiger partial charge on any atom is -0.351 e. The van der Waals surface area contributed by atoms with Gasteiger partial charge in [-0.15, -0.1) is 0 Å². The number of rotatable bonds is 4. The molecule has 0 radical (unpaired) electrons. The molecule has 0 atom stereocenters. The Morgan fingerprint density at radius 3 is 2.63 bits per heavy atom. The van der Waals surface area contributed by atoms with Crippen molar-refractivity contribution in [3.05, 3.63) is 35.6 Å². The van der Waals surface area contributed by atoms with Gasteiger partial charge in [0, 0.05) is 39.3 Å². The van der Waals surface area contributed by atoms with Crippen molar-refractivity contribution in [1.82, 2.24) is 15.1 Å². The summed E-state index contributed by atoms with van der Waals surface area (Å²) in [4.78, 5) is 16.4. The van der Waals surface area contributed by atoms with Crippen molar-refractivity contribution >= 4 is 5.91 Å². The van der Waals surface area contributed by atoms with Crippen LogP contribution in [0.5, 0.6) is 0 Å². The van der Waals surface area contributed by atoms with E-state index in [2.05, 4.69) is 22.2 Å². The van der Waals surface area contributed by atoms with Crippen LogP contribution in [-0.2, 0) is 0 Å². The minimum atomic E-state index is -0.473. The minimum absolute atomic E-state index is 0.112. The molecule has 1 aliphatic rings. The number of hydrogen-bond donors (Lipinski definition) is 1. The zero-order valence-electron chi connectivity index (χ0n) is 11.2. The van der Waals surface area contributed by atoms with Gasteiger partial charge in [-0.1, -0.05) is 12.1 Å². The summed E-state index contributed by atoms with van der Waals surface area (Å²) in [5, 5.41) is 2.76. The molecule has 0 aromatic heterocycles. The van der Waals surface area contributed by atoms with Gasteiger partial charge in [-0.25, -0.2) is 4.39 Å². The number of carbonyl (C=O) groups excluding carboxylic acids is 1. The normalized spacial score (nSPS) is 17.4. The van der Waals surface area contributed by atoms with Crippen molar-refractivity contribution in [1.29, 1.82) is 0 Å². The molecule has 1 N–H and O–H groups in total. The van der Waals surface area contributed by atoms with E-state index in [4.69, 9.17) is 0 Å². The van der Waals surface area contributed by atoms with E-state index < -0.39 is 5.82 Å². The van der Waals surface area contributed by atoms with E-state index in [1.165, 1.54) is 12.1 Å². The maximum Gasteiger partial charge on any atom is 0.254 e. The molecule has 104 valence electrons. The van der Waals surface area contributed by atoms with Gasteiger partial charge in [0.25, 0.3) is 5.91 Å². The molecular formula is C14H20FN3O. The molecule has 0 bridgehead atoms. The monoisotopic (exact) mass is 265 g/mol. The van der Waals surface area contributed by atoms with Gasteiger partial charge in [0.15, 0.2) is 0 Å². The van der Waals surface area contributed by atoms with Gasteiger partial charge < -0.3 is 10.2 Å². The van der Waals surface area contributed by atoms with E-state index in [0.29, 0.717) is 6.54 Å². The molecule has 1 aromatic rings. The van der Waals surface area contributed by atoms with Crippen molar-refractivity contribution in [3.63, 3.8) is 0 Å². The molecular weight excluding hydrogens is 245 g/mol. The average Bonchev–Trinajstić information content (AvgIpc) is 2.41. The molecule has 1 aromatic carbocycles. The fourth-order valence-corrected chi connectivity index (χ4v) is 2.14. The largest absolute Gasteiger partial charge is 0.351 e. The van der Waals surface area contributed by atoms with Crippen LogP contribution >= 0.6 is 0 Å². The lowest BCUT2D eigenvalue weighted by molar-refractivity contribution is 0.0937. The highest BCUT2D eigenvalue weighted by molar-refractivity contribution is 5.94. The van der Waals surface area contributed by atoms with Crippen LogP contribution in [0.3, 0.4) is 0 Å². The van der Waals surface area contributed by atoms with Crippen LogP contribution in [0.1, 0.15) is 10.4 Å². The molecule has 0 unspecified atom stereocenters. The Morgan fingerprint density at radius 1 is 1.26 bits per heavy atom. The predicted octanol–water partition coefficient (Wildman–Crippen LogP) is 0.803. The highest BCUT2D eigenvalue weighted by Gasteiger charge is 2.14. The second-order valence-electron chi connectivity index (χ2n) is 4.88. The molecule has 0 spiro atoms. The Labute approximate surface area is 113 Å². The predicted molar refractivity (Wildman–Crippen MR) is 72.7 cm³/mol. The number of piperazine rings is 1. The summed E-state index contributed by atoms with van der Waals surface area (Å²) in [5.74, 6) is -0.813. The number of likely N-dealkylation sites (N-methyl/N-ethyl adjacent to an activating group) is 1. The van der Waals surface area contributed by atoms with Gasteiger partial charge in [-0.05, 0) is 19.2 Å². The molecule has 5 heteroatoms. The standard InChI is InChI=1S/C14H20FN3O/c1-17-8-10-18(11-9-17)7-6-16-14(19)12-4-2-3-5-13(12)15/h2-5H,6-11H2,1H3,(H,16,19). The number of amides is 1. The summed E-state index contributed by atoms with van der Waals surface area (Å²) in [6, 6.07) is 6.05. The topological polar surface area (TPSA) is 35.6 Å². The first kappa shape index (κ1) is 14.0. The van der Waals surface area contributed by atoms with Crippen LogP contribution < -0.4 is 5.32 Å². The van der Waals surface area contributed by atoms with Gasteiger partial charge in [0.1, 0.15) is 5.82 Å². The van der Waals surface area contributed by atoms with Crippen LogP contribution in [0.2, 0.25) is 0 Å². The van der Waals surface area contributed by atoms with Gasteiger partial charge in [-0.2, -0.15) is 0 Å². The molecule has 19 heavy (non-hydrogen) atoms. The van der Waals surface area contributed by atoms with Crippen molar-refractivity contribution in [2.24, 2.45) is 0 Å². The summed E-state index contributed by atoms with van der Waals surface area (Å²) >= 11 is 0. The SMILES string of the molecule is CN1CCN(CCNC(=O)c2ccccc2F)CC1. The maximum absolute atomic E-state index is 13.4. The third-order valence-corrected chi connectivity index (χ3v) is 3.43. The Kier molecular flexibility index (Phi) is 4.87. The van der Waals surface area contributed by atoms with Gasteiger partial charge in [0.05, 0.1) is 5.56 Å². The zero-order chi connectivity index (χ0) is 13.7. The second kappa shape index (κ2) is 6.63. The van der Waals surface area contributed by atoms with Gasteiger partial charge in [-0.3, -0.25) is 9.69 Å². The third kappa shape index (κ3) is 4.01. The first-order valence-electron chi connectivity index (χ1n) is 6.60. The van der Waals surface area contributed by atoms with Crippen LogP contribution in [0, 0.1) is 5.82 Å². The van der Waals surface area contributed by atoms with E-state index in [9.17, 15) is 9.18 Å². The van der Waals surface area contributed by atoms with Crippen LogP contribution in [-0.4, -0.2) is 62.0 Å². The lowest BCUT2D eigenvalue weighted by Crippen LogP contribution is -2.46. The maximum atomic E-state index is 13.4. The van der Waals surface area contributed by atoms with E-state index in [0.717, 1.165) is 32.7 Å². The number of benzene rings is 1. The van der Waals surface area contributed by atoms with E-state index in [-0.39, 0.29) is 11.5 Å². The Hall–Kier alpha value is -1.46. The smallest absolute Gasteiger partial charge is 0.254 e. The Morgan fingerprint density at radius 2 is 1.95 bits per heavy atom. The number of carbonyl (C=O) groups is 1. The van der Waals surface area contributed by atoms with E-state index in [1.54, 1.807) is 12.1 Å². The average molecular weight is 265 g/mol. The summed E-state index contributed by atoms with van der Waals surface area (Å²) < 4.78 is 13.4. The number of halogens is 1. The molecule has 0 saturated carbocycles. The number of nitrogens with one attached hydrogen (secondary N) is 1. The summed E-state index contributed by atoms with van der Waals surface area (Å²) in [7, 11) is 2.11. The van der Waals surface area contributed by atoms with E-state index in [1.807, 2.05) is 0 Å². The first-order chi connectivity index (χ1) is 9.16. The molecule has 4 nitrogen and oxygen atoms in total. The third-order valence-electron chi connectivity index (χ3n) is 3.43. The Balaban J connectivity index is 1.74. The zero-order valence-corrected chi connectivity index (χ0v) is 11.2. The highest BCUT2D eigenvalue weighted by atomic mass is 19.1. The molecule has 1 amide bonds. The molecule has 1 heterocycles. The molecule has 1 aliphatic heterocycles. The van der Waals surface area contributed by atoms with Crippen LogP contribution in [0.25, 0.3) is 0 Å². The lowest BCUT2D eigenvalue weighted by atomic mass is 10.2. The van der Waals surface area contributed by atoms with Gasteiger partial charge >= 0.3 is 0 Å². The van der Waals surface area contributed by atoms with Crippen molar-refractivity contribution in [3.8, 4) is 0 Å². The van der Waals surface area contributed by atoms with Crippen molar-refractivity contribution < 1.29 is 9.18 Å². The van der Waals surface area contributed by atoms with E-state index >= 15 is 0 Å². The summed E-state index contributed by atoms with van der Waals surface area (Å²) in [5.41, 5.74) is 0.112. The Bertz CT molecular complexity index is 430. The fraction of sp³-hybridized carbons (Fsp3) is 0.500. The molecule has 1 saturated heterocycles. The number of hydrogen-bond acceptors (Lipinski definition) is 3. The van der Waals surface area contributed by atoms with Crippen molar-refractivity contribution in [2.45, 2.75) is 0 Å². The first-order valence-corrected chi connectivity index (χ1v) is 6.60. The summed E-state index contributed by atoms with van der Waals surface area (Å²) in [6.07, 6.45) is 0. The van der Waals surface area contributed by atoms with Crippen molar-refractivity contribution in [2.75, 3.05) is 46.3 Å². The molecule has 0 aliphatic carbocycles. The van der Waals surface area contributed by atoms with Crippen LogP contribution in [0.4, 0.5) is 4.39 Å². The highest BCUT2D eigenvalue weighted by Crippen LogP contribution is 2.05. The van der Waals surface area contributed by atoms with Gasteiger partial charge in [0.2, 0.25) is 0 Å². The second-order valence-corrected chi connectivity index (χ2v) is 4.88. The molecule has 2 rings (SSSR count). The fourth-order valence-electron chi connectivity index (χ4n) is 2.14. The quantitative estimate of drug-likeness (QED) is 0.875. The molecule has 1 fully saturated rings.